The molecule has 0 radical (unpaired) electrons. The normalized spacial score (nSPS) is 23.8. The number of fused-ring (bicyclic) bond motifs is 3. The van der Waals surface area contributed by atoms with Crippen LogP contribution in [0.25, 0.3) is 10.2 Å². The van der Waals surface area contributed by atoms with Gasteiger partial charge in [0.15, 0.2) is 0 Å². The fourth-order valence-corrected chi connectivity index (χ4v) is 5.88. The molecule has 2 heterocycles. The van der Waals surface area contributed by atoms with Crippen LogP contribution in [0.1, 0.15) is 41.7 Å². The summed E-state index contributed by atoms with van der Waals surface area (Å²) < 4.78 is 7.66. The topological polar surface area (TPSA) is 43.3 Å². The maximum Gasteiger partial charge on any atom is 0.268 e. The molecule has 27 heavy (non-hydrogen) atoms. The van der Waals surface area contributed by atoms with Crippen LogP contribution in [0.3, 0.4) is 0 Å². The van der Waals surface area contributed by atoms with E-state index in [0.717, 1.165) is 39.6 Å². The van der Waals surface area contributed by atoms with E-state index >= 15 is 0 Å². The Morgan fingerprint density at radius 3 is 2.93 bits per heavy atom. The number of rotatable bonds is 5. The molecule has 1 N–H and O–H groups in total. The first kappa shape index (κ1) is 16.9. The molecule has 2 bridgehead atoms. The van der Waals surface area contributed by atoms with Gasteiger partial charge in [0.2, 0.25) is 0 Å². The Bertz CT molecular complexity index is 989. The van der Waals surface area contributed by atoms with Crippen molar-refractivity contribution in [3.8, 4) is 5.75 Å². The van der Waals surface area contributed by atoms with Crippen molar-refractivity contribution < 1.29 is 9.53 Å². The van der Waals surface area contributed by atoms with Gasteiger partial charge in [-0.15, -0.1) is 11.3 Å². The van der Waals surface area contributed by atoms with E-state index in [0.29, 0.717) is 18.5 Å². The van der Waals surface area contributed by atoms with Gasteiger partial charge in [0, 0.05) is 17.0 Å². The molecule has 5 heteroatoms. The summed E-state index contributed by atoms with van der Waals surface area (Å²) in [6, 6.07) is 12.5. The van der Waals surface area contributed by atoms with Crippen molar-refractivity contribution in [3.63, 3.8) is 0 Å². The van der Waals surface area contributed by atoms with Gasteiger partial charge in [0.25, 0.3) is 5.91 Å². The van der Waals surface area contributed by atoms with Crippen LogP contribution in [-0.2, 0) is 6.54 Å². The molecule has 1 amide bonds. The summed E-state index contributed by atoms with van der Waals surface area (Å²) in [7, 11) is 1.69. The lowest BCUT2D eigenvalue weighted by atomic mass is 9.95. The minimum absolute atomic E-state index is 0.0610. The highest BCUT2D eigenvalue weighted by Crippen LogP contribution is 2.44. The Hall–Kier alpha value is -2.27. The van der Waals surface area contributed by atoms with Crippen LogP contribution < -0.4 is 10.1 Å². The highest BCUT2D eigenvalue weighted by Gasteiger charge is 2.40. The number of carbonyl (C=O) groups excluding carboxylic acids is 1. The third-order valence-electron chi connectivity index (χ3n) is 6.31. The molecule has 2 saturated carbocycles. The van der Waals surface area contributed by atoms with E-state index < -0.39 is 0 Å². The first-order valence-corrected chi connectivity index (χ1v) is 10.6. The number of ether oxygens (including phenoxy) is 1. The number of hydrogen-bond acceptors (Lipinski definition) is 3. The number of aromatic nitrogens is 1. The molecule has 3 aromatic rings. The van der Waals surface area contributed by atoms with Crippen LogP contribution in [0.15, 0.2) is 41.8 Å². The fraction of sp³-hybridized carbons (Fsp3) is 0.409. The Labute approximate surface area is 163 Å². The zero-order valence-corrected chi connectivity index (χ0v) is 16.3. The van der Waals surface area contributed by atoms with Crippen molar-refractivity contribution in [2.24, 2.45) is 11.8 Å². The molecule has 2 aliphatic carbocycles. The molecule has 140 valence electrons. The summed E-state index contributed by atoms with van der Waals surface area (Å²) in [6.07, 6.45) is 5.06. The third kappa shape index (κ3) is 2.94. The largest absolute Gasteiger partial charge is 0.496 e. The van der Waals surface area contributed by atoms with Crippen molar-refractivity contribution in [2.75, 3.05) is 7.11 Å². The van der Waals surface area contributed by atoms with Crippen molar-refractivity contribution >= 4 is 27.5 Å². The van der Waals surface area contributed by atoms with Crippen LogP contribution >= 0.6 is 11.3 Å². The average molecular weight is 381 g/mol. The molecule has 4 nitrogen and oxygen atoms in total. The molecule has 3 unspecified atom stereocenters. The number of para-hydroxylation sites is 1. The van der Waals surface area contributed by atoms with Gasteiger partial charge in [-0.05, 0) is 54.7 Å². The highest BCUT2D eigenvalue weighted by molar-refractivity contribution is 7.16. The van der Waals surface area contributed by atoms with Crippen molar-refractivity contribution in [2.45, 2.75) is 38.3 Å². The summed E-state index contributed by atoms with van der Waals surface area (Å²) in [6.45, 7) is 0.632. The van der Waals surface area contributed by atoms with E-state index in [1.54, 1.807) is 18.4 Å². The highest BCUT2D eigenvalue weighted by atomic mass is 32.1. The zero-order chi connectivity index (χ0) is 18.4. The standard InChI is InChI=1S/C22H24N2O2S/c1-26-20-5-3-2-4-17(20)13-24-19(12-16-8-9-27-22(16)24)21(25)23-18-11-14-6-7-15(18)10-14/h2-5,8-9,12,14-15,18H,6-7,10-11,13H2,1H3,(H,23,25). The van der Waals surface area contributed by atoms with E-state index in [9.17, 15) is 4.79 Å². The number of thiophene rings is 1. The quantitative estimate of drug-likeness (QED) is 0.698. The molecule has 5 rings (SSSR count). The van der Waals surface area contributed by atoms with Crippen LogP contribution in [0, 0.1) is 11.8 Å². The van der Waals surface area contributed by atoms with E-state index in [4.69, 9.17) is 4.74 Å². The van der Waals surface area contributed by atoms with Gasteiger partial charge >= 0.3 is 0 Å². The Morgan fingerprint density at radius 2 is 2.15 bits per heavy atom. The molecule has 1 aromatic carbocycles. The number of hydrogen-bond donors (Lipinski definition) is 1. The number of carbonyl (C=O) groups is 1. The first-order chi connectivity index (χ1) is 13.2. The van der Waals surface area contributed by atoms with Crippen LogP contribution in [0.5, 0.6) is 5.75 Å². The molecular weight excluding hydrogens is 356 g/mol. The van der Waals surface area contributed by atoms with E-state index in [-0.39, 0.29) is 5.91 Å². The van der Waals surface area contributed by atoms with Crippen LogP contribution in [0.4, 0.5) is 0 Å². The van der Waals surface area contributed by atoms with Gasteiger partial charge in [0.05, 0.1) is 13.7 Å². The molecule has 2 aromatic heterocycles. The lowest BCUT2D eigenvalue weighted by molar-refractivity contribution is 0.0914. The summed E-state index contributed by atoms with van der Waals surface area (Å²) >= 11 is 1.68. The second-order valence-corrected chi connectivity index (χ2v) is 8.76. The molecule has 0 saturated heterocycles. The smallest absolute Gasteiger partial charge is 0.268 e. The number of nitrogens with one attached hydrogen (secondary N) is 1. The number of methoxy groups -OCH3 is 1. The Kier molecular flexibility index (Phi) is 4.20. The minimum Gasteiger partial charge on any atom is -0.496 e. The van der Waals surface area contributed by atoms with Gasteiger partial charge in [0.1, 0.15) is 16.3 Å². The first-order valence-electron chi connectivity index (χ1n) is 9.72. The molecule has 2 fully saturated rings. The maximum atomic E-state index is 13.2. The van der Waals surface area contributed by atoms with Crippen molar-refractivity contribution in [1.29, 1.82) is 0 Å². The molecular formula is C22H24N2O2S. The predicted molar refractivity (Wildman–Crippen MR) is 109 cm³/mol. The summed E-state index contributed by atoms with van der Waals surface area (Å²) in [4.78, 5) is 14.3. The van der Waals surface area contributed by atoms with Gasteiger partial charge < -0.3 is 14.6 Å². The summed E-state index contributed by atoms with van der Waals surface area (Å²) in [5.74, 6) is 2.42. The number of benzene rings is 1. The van der Waals surface area contributed by atoms with Gasteiger partial charge in [-0.3, -0.25) is 4.79 Å². The van der Waals surface area contributed by atoms with E-state index in [2.05, 4.69) is 27.4 Å². The van der Waals surface area contributed by atoms with Crippen molar-refractivity contribution in [3.05, 3.63) is 53.0 Å². The van der Waals surface area contributed by atoms with Gasteiger partial charge in [-0.25, -0.2) is 0 Å². The summed E-state index contributed by atoms with van der Waals surface area (Å²) in [5, 5.41) is 6.56. The molecule has 2 aliphatic rings. The predicted octanol–water partition coefficient (Wildman–Crippen LogP) is 4.68. The Morgan fingerprint density at radius 1 is 1.26 bits per heavy atom. The average Bonchev–Trinajstić information content (AvgIpc) is 3.44. The van der Waals surface area contributed by atoms with Crippen LogP contribution in [0.2, 0.25) is 0 Å². The summed E-state index contributed by atoms with van der Waals surface area (Å²) in [5.41, 5.74) is 1.84. The maximum absolute atomic E-state index is 13.2. The zero-order valence-electron chi connectivity index (χ0n) is 15.5. The SMILES string of the molecule is COc1ccccc1Cn1c(C(=O)NC2CC3CCC2C3)cc2ccsc21. The monoisotopic (exact) mass is 380 g/mol. The number of amides is 1. The minimum atomic E-state index is 0.0610. The van der Waals surface area contributed by atoms with Crippen LogP contribution in [-0.4, -0.2) is 23.6 Å². The van der Waals surface area contributed by atoms with Gasteiger partial charge in [-0.2, -0.15) is 0 Å². The van der Waals surface area contributed by atoms with Gasteiger partial charge in [-0.1, -0.05) is 24.6 Å². The number of nitrogens with zero attached hydrogens (tertiary/aromatic N) is 1. The van der Waals surface area contributed by atoms with Crippen molar-refractivity contribution in [1.82, 2.24) is 9.88 Å². The second kappa shape index (κ2) is 6.71. The molecule has 0 spiro atoms. The second-order valence-electron chi connectivity index (χ2n) is 7.86. The Balaban J connectivity index is 1.46. The third-order valence-corrected chi connectivity index (χ3v) is 7.26. The lowest BCUT2D eigenvalue weighted by Crippen LogP contribution is -2.39. The van der Waals surface area contributed by atoms with E-state index in [1.165, 1.54) is 19.3 Å². The molecule has 0 aliphatic heterocycles. The van der Waals surface area contributed by atoms with E-state index in [1.807, 2.05) is 24.3 Å². The fourth-order valence-electron chi connectivity index (χ4n) is 4.99. The molecule has 3 atom stereocenters. The lowest BCUT2D eigenvalue weighted by Gasteiger charge is -2.23.